The molecule has 6 heavy (non-hydrogen) atoms. The molecule has 0 aromatic rings. The minimum atomic E-state index is 0. The van der Waals surface area contributed by atoms with E-state index in [1.807, 2.05) is 0 Å². The first kappa shape index (κ1) is 577. The van der Waals surface area contributed by atoms with Crippen LogP contribution in [0.5, 0.6) is 0 Å². The summed E-state index contributed by atoms with van der Waals surface area (Å²) in [6, 6.07) is 0. The van der Waals surface area contributed by atoms with Crippen LogP contribution in [-0.4, -0.2) is 51.3 Å². The van der Waals surface area contributed by atoms with E-state index in [0.717, 1.165) is 0 Å². The van der Waals surface area contributed by atoms with Gasteiger partial charge in [-0.25, -0.2) is 0 Å². The van der Waals surface area contributed by atoms with Gasteiger partial charge in [-0.05, 0) is 0 Å². The number of rotatable bonds is 0. The number of hydrogen-bond donors (Lipinski definition) is 0. The molecular formula is H10O5Sn. The van der Waals surface area contributed by atoms with Crippen molar-refractivity contribution in [2.24, 2.45) is 0 Å². The van der Waals surface area contributed by atoms with Gasteiger partial charge in [-0.2, -0.15) is 0 Å². The molecule has 0 saturated carbocycles. The first-order valence-electron chi connectivity index (χ1n) is 0. The van der Waals surface area contributed by atoms with Gasteiger partial charge in [0.15, 0.2) is 0 Å². The van der Waals surface area contributed by atoms with Crippen molar-refractivity contribution in [3.05, 3.63) is 0 Å². The SMILES string of the molecule is O.O.O.O.O.[Sn]. The Morgan fingerprint density at radius 2 is 0.333 bits per heavy atom. The third-order valence-corrected chi connectivity index (χ3v) is 0. The average Bonchev–Trinajstić information content (AvgIpc) is 0. The summed E-state index contributed by atoms with van der Waals surface area (Å²) in [5, 5.41) is 0. The average molecular weight is 209 g/mol. The van der Waals surface area contributed by atoms with Gasteiger partial charge in [-0.1, -0.05) is 0 Å². The quantitative estimate of drug-likeness (QED) is 0.352. The van der Waals surface area contributed by atoms with Crippen molar-refractivity contribution in [3.8, 4) is 0 Å². The largest absolute Gasteiger partial charge is 0.412 e. The summed E-state index contributed by atoms with van der Waals surface area (Å²) in [6.45, 7) is 0. The standard InChI is InChI=1S/5H2O.Sn/h5*1H2;. The minimum Gasteiger partial charge on any atom is -0.412 e. The van der Waals surface area contributed by atoms with Gasteiger partial charge in [0.2, 0.25) is 0 Å². The van der Waals surface area contributed by atoms with E-state index in [2.05, 4.69) is 0 Å². The Morgan fingerprint density at radius 1 is 0.333 bits per heavy atom. The fourth-order valence-electron chi connectivity index (χ4n) is 0. The van der Waals surface area contributed by atoms with Crippen molar-refractivity contribution >= 4 is 23.9 Å². The summed E-state index contributed by atoms with van der Waals surface area (Å²) >= 11 is 0. The molecule has 5 nitrogen and oxygen atoms in total. The van der Waals surface area contributed by atoms with Gasteiger partial charge in [0.25, 0.3) is 0 Å². The summed E-state index contributed by atoms with van der Waals surface area (Å²) in [6.07, 6.45) is 0. The van der Waals surface area contributed by atoms with E-state index in [0.29, 0.717) is 0 Å². The van der Waals surface area contributed by atoms with E-state index in [4.69, 9.17) is 0 Å². The Labute approximate surface area is 51.9 Å². The van der Waals surface area contributed by atoms with Crippen LogP contribution in [0.2, 0.25) is 0 Å². The fraction of sp³-hybridized carbons (Fsp3) is 0. The second kappa shape index (κ2) is 330. The van der Waals surface area contributed by atoms with E-state index >= 15 is 0 Å². The molecular weight excluding hydrogens is 199 g/mol. The Bertz CT molecular complexity index is 3.90. The molecule has 4 radical (unpaired) electrons. The molecule has 6 heteroatoms. The second-order valence-corrected chi connectivity index (χ2v) is 0. The molecule has 0 heterocycles. The Hall–Kier alpha value is 0.599. The molecule has 44 valence electrons. The molecule has 0 saturated heterocycles. The molecule has 0 aliphatic heterocycles. The summed E-state index contributed by atoms with van der Waals surface area (Å²) in [5.74, 6) is 0. The van der Waals surface area contributed by atoms with Crippen LogP contribution in [-0.2, 0) is 0 Å². The summed E-state index contributed by atoms with van der Waals surface area (Å²) in [7, 11) is 0. The smallest absolute Gasteiger partial charge is 0 e. The predicted molar refractivity (Wildman–Crippen MR) is 23.8 cm³/mol. The molecule has 0 atom stereocenters. The molecule has 0 bridgehead atoms. The van der Waals surface area contributed by atoms with Gasteiger partial charge in [0.1, 0.15) is 0 Å². The van der Waals surface area contributed by atoms with Crippen LogP contribution in [0.1, 0.15) is 0 Å². The van der Waals surface area contributed by atoms with Crippen molar-refractivity contribution in [1.29, 1.82) is 0 Å². The molecule has 0 amide bonds. The molecule has 0 unspecified atom stereocenters. The van der Waals surface area contributed by atoms with Gasteiger partial charge in [-0.15, -0.1) is 0 Å². The van der Waals surface area contributed by atoms with E-state index in [-0.39, 0.29) is 51.3 Å². The van der Waals surface area contributed by atoms with Crippen LogP contribution in [0, 0.1) is 0 Å². The third kappa shape index (κ3) is 166. The maximum Gasteiger partial charge on any atom is 0 e. The van der Waals surface area contributed by atoms with Crippen molar-refractivity contribution in [2.45, 2.75) is 0 Å². The Morgan fingerprint density at radius 3 is 0.333 bits per heavy atom. The molecule has 0 aliphatic carbocycles. The van der Waals surface area contributed by atoms with Crippen LogP contribution in [0.15, 0.2) is 0 Å². The summed E-state index contributed by atoms with van der Waals surface area (Å²) in [5.41, 5.74) is 0. The van der Waals surface area contributed by atoms with Crippen molar-refractivity contribution in [2.75, 3.05) is 0 Å². The minimum absolute atomic E-state index is 0. The molecule has 0 spiro atoms. The monoisotopic (exact) mass is 210 g/mol. The van der Waals surface area contributed by atoms with Crippen LogP contribution in [0.25, 0.3) is 0 Å². The maximum absolute atomic E-state index is 0. The third-order valence-electron chi connectivity index (χ3n) is 0. The van der Waals surface area contributed by atoms with Gasteiger partial charge in [0, 0.05) is 23.9 Å². The molecule has 0 rings (SSSR count). The second-order valence-electron chi connectivity index (χ2n) is 0. The van der Waals surface area contributed by atoms with Crippen molar-refractivity contribution in [3.63, 3.8) is 0 Å². The molecule has 0 aliphatic rings. The molecule has 0 aromatic heterocycles. The Kier molecular flexibility index (Phi) is 31800. The van der Waals surface area contributed by atoms with Crippen LogP contribution in [0.3, 0.4) is 0 Å². The van der Waals surface area contributed by atoms with Crippen LogP contribution in [0.4, 0.5) is 0 Å². The van der Waals surface area contributed by atoms with Gasteiger partial charge < -0.3 is 27.4 Å². The molecule has 10 N–H and O–H groups in total. The molecule has 0 aromatic carbocycles. The van der Waals surface area contributed by atoms with Crippen LogP contribution < -0.4 is 0 Å². The van der Waals surface area contributed by atoms with E-state index in [9.17, 15) is 0 Å². The Balaban J connectivity index is 0. The van der Waals surface area contributed by atoms with Gasteiger partial charge >= 0.3 is 0 Å². The topological polar surface area (TPSA) is 158 Å². The maximum atomic E-state index is 0. The summed E-state index contributed by atoms with van der Waals surface area (Å²) < 4.78 is 0. The zero-order valence-electron chi connectivity index (χ0n) is 3.00. The number of hydrogen-bond acceptors (Lipinski definition) is 0. The summed E-state index contributed by atoms with van der Waals surface area (Å²) in [4.78, 5) is 0. The molecule has 0 fully saturated rings. The van der Waals surface area contributed by atoms with Gasteiger partial charge in [0.05, 0.1) is 0 Å². The zero-order valence-corrected chi connectivity index (χ0v) is 5.85. The van der Waals surface area contributed by atoms with Crippen molar-refractivity contribution in [1.82, 2.24) is 0 Å². The van der Waals surface area contributed by atoms with Gasteiger partial charge in [-0.3, -0.25) is 0 Å². The first-order valence-corrected chi connectivity index (χ1v) is 0. The van der Waals surface area contributed by atoms with Crippen molar-refractivity contribution < 1.29 is 27.4 Å². The predicted octanol–water partition coefficient (Wildman–Crippen LogP) is -4.50. The fourth-order valence-corrected chi connectivity index (χ4v) is 0. The normalized spacial score (nSPS) is 0. The van der Waals surface area contributed by atoms with E-state index < -0.39 is 0 Å². The zero-order chi connectivity index (χ0) is 0. The van der Waals surface area contributed by atoms with E-state index in [1.165, 1.54) is 0 Å². The first-order chi connectivity index (χ1) is 0. The van der Waals surface area contributed by atoms with E-state index in [1.54, 1.807) is 0 Å². The van der Waals surface area contributed by atoms with Crippen LogP contribution >= 0.6 is 0 Å².